The summed E-state index contributed by atoms with van der Waals surface area (Å²) in [6.45, 7) is 4.82. The van der Waals surface area contributed by atoms with E-state index < -0.39 is 6.09 Å². The minimum atomic E-state index is -0.408. The fraction of sp³-hybridized carbons (Fsp3) is 0.571. The number of methoxy groups -OCH3 is 1. The van der Waals surface area contributed by atoms with Gasteiger partial charge in [-0.2, -0.15) is 5.06 Å². The Kier molecular flexibility index (Phi) is 10.7. The predicted octanol–water partition coefficient (Wildman–Crippen LogP) is 2.12. The number of rotatable bonds is 11. The van der Waals surface area contributed by atoms with Crippen molar-refractivity contribution < 1.29 is 23.9 Å². The summed E-state index contributed by atoms with van der Waals surface area (Å²) in [4.78, 5) is 34.6. The van der Waals surface area contributed by atoms with Gasteiger partial charge in [0, 0.05) is 55.3 Å². The van der Waals surface area contributed by atoms with Gasteiger partial charge in [0.05, 0.1) is 20.3 Å². The fourth-order valence-corrected chi connectivity index (χ4v) is 4.63. The molecule has 2 N–H and O–H groups in total. The maximum absolute atomic E-state index is 12.5. The summed E-state index contributed by atoms with van der Waals surface area (Å²) in [5.74, 6) is 0.723. The minimum Gasteiger partial charge on any atom is -0.496 e. The molecule has 0 spiro atoms. The molecule has 2 amide bonds. The van der Waals surface area contributed by atoms with Crippen molar-refractivity contribution in [3.05, 3.63) is 47.1 Å². The fourth-order valence-electron chi connectivity index (χ4n) is 4.63. The third-order valence-corrected chi connectivity index (χ3v) is 6.97. The third kappa shape index (κ3) is 7.80. The number of hydrogen-bond acceptors (Lipinski definition) is 8. The molecule has 1 heterocycles. The van der Waals surface area contributed by atoms with Gasteiger partial charge in [-0.3, -0.25) is 9.63 Å². The van der Waals surface area contributed by atoms with Gasteiger partial charge in [0.1, 0.15) is 11.9 Å². The quantitative estimate of drug-likeness (QED) is 0.450. The van der Waals surface area contributed by atoms with Crippen LogP contribution in [0.1, 0.15) is 24.5 Å². The zero-order chi connectivity index (χ0) is 27.8. The molecule has 0 radical (unpaired) electrons. The number of para-hydroxylation sites is 1. The van der Waals surface area contributed by atoms with Crippen molar-refractivity contribution in [2.24, 2.45) is 5.92 Å². The maximum Gasteiger partial charge on any atom is 0.407 e. The van der Waals surface area contributed by atoms with E-state index in [0.29, 0.717) is 31.8 Å². The molecule has 0 saturated carbocycles. The van der Waals surface area contributed by atoms with Crippen LogP contribution in [0.15, 0.2) is 35.9 Å². The molecule has 3 rings (SSSR count). The van der Waals surface area contributed by atoms with Crippen molar-refractivity contribution in [2.45, 2.75) is 32.0 Å². The van der Waals surface area contributed by atoms with Crippen LogP contribution >= 0.6 is 0 Å². The highest BCUT2D eigenvalue weighted by atomic mass is 16.7. The number of carbonyl (C=O) groups excluding carboxylic acids is 2. The largest absolute Gasteiger partial charge is 0.496 e. The number of amides is 2. The number of likely N-dealkylation sites (N-methyl/N-ethyl adjacent to an activating group) is 3. The zero-order valence-corrected chi connectivity index (χ0v) is 23.7. The molecule has 38 heavy (non-hydrogen) atoms. The van der Waals surface area contributed by atoms with E-state index >= 15 is 0 Å². The second-order valence-corrected chi connectivity index (χ2v) is 10.3. The first kappa shape index (κ1) is 29.6. The first-order valence-electron chi connectivity index (χ1n) is 13.1. The van der Waals surface area contributed by atoms with Crippen LogP contribution in [0.3, 0.4) is 0 Å². The van der Waals surface area contributed by atoms with Gasteiger partial charge in [-0.15, -0.1) is 0 Å². The SMILES string of the molecule is CNC(=O)C1=CC(N(C)C)CC(c2cccc(CN3CC(C(C)OC(=O)NCCN(C)C)CO3)c2OC)=C1. The van der Waals surface area contributed by atoms with Crippen molar-refractivity contribution in [2.75, 3.05) is 68.6 Å². The van der Waals surface area contributed by atoms with Crippen molar-refractivity contribution in [3.8, 4) is 5.75 Å². The van der Waals surface area contributed by atoms with Crippen LogP contribution in [0.25, 0.3) is 5.57 Å². The van der Waals surface area contributed by atoms with Crippen LogP contribution in [0, 0.1) is 5.92 Å². The molecule has 1 aromatic rings. The van der Waals surface area contributed by atoms with Crippen molar-refractivity contribution >= 4 is 17.6 Å². The summed E-state index contributed by atoms with van der Waals surface area (Å²) in [5, 5.41) is 7.41. The lowest BCUT2D eigenvalue weighted by molar-refractivity contribution is -0.118. The molecule has 1 fully saturated rings. The van der Waals surface area contributed by atoms with Gasteiger partial charge in [-0.1, -0.05) is 24.3 Å². The summed E-state index contributed by atoms with van der Waals surface area (Å²) in [5.41, 5.74) is 3.64. The van der Waals surface area contributed by atoms with Gasteiger partial charge in [0.25, 0.3) is 5.91 Å². The van der Waals surface area contributed by atoms with Crippen LogP contribution in [0.5, 0.6) is 5.75 Å². The number of hydroxylamine groups is 2. The highest BCUT2D eigenvalue weighted by molar-refractivity contribution is 5.99. The summed E-state index contributed by atoms with van der Waals surface area (Å²) >= 11 is 0. The normalized spacial score (nSPS) is 20.7. The van der Waals surface area contributed by atoms with Crippen LogP contribution in [0.4, 0.5) is 4.79 Å². The second kappa shape index (κ2) is 13.7. The van der Waals surface area contributed by atoms with E-state index in [0.717, 1.165) is 35.4 Å². The van der Waals surface area contributed by atoms with E-state index in [-0.39, 0.29) is 24.0 Å². The van der Waals surface area contributed by atoms with E-state index in [1.165, 1.54) is 0 Å². The lowest BCUT2D eigenvalue weighted by Gasteiger charge is -2.28. The van der Waals surface area contributed by atoms with E-state index in [1.807, 2.05) is 75.4 Å². The Labute approximate surface area is 226 Å². The van der Waals surface area contributed by atoms with Crippen molar-refractivity contribution in [1.29, 1.82) is 0 Å². The van der Waals surface area contributed by atoms with Crippen molar-refractivity contribution in [3.63, 3.8) is 0 Å². The van der Waals surface area contributed by atoms with Gasteiger partial charge in [0.2, 0.25) is 0 Å². The Balaban J connectivity index is 1.69. The maximum atomic E-state index is 12.5. The van der Waals surface area contributed by atoms with Gasteiger partial charge in [-0.25, -0.2) is 4.79 Å². The summed E-state index contributed by atoms with van der Waals surface area (Å²) in [6, 6.07) is 6.17. The van der Waals surface area contributed by atoms with Crippen LogP contribution in [0.2, 0.25) is 0 Å². The standard InChI is InChI=1S/C28H43N5O5/c1-19(38-28(35)30-11-12-31(3)4)23-17-33(37-18-23)16-20-9-8-10-25(26(20)36-7)21-13-22(27(34)29-2)15-24(14-21)32(5)6/h8-10,13,15,19,23-24H,11-12,14,16-18H2,1-7H3,(H,29,34)(H,30,35). The highest BCUT2D eigenvalue weighted by Gasteiger charge is 2.31. The van der Waals surface area contributed by atoms with E-state index in [4.69, 9.17) is 14.3 Å². The molecule has 10 nitrogen and oxygen atoms in total. The molecule has 0 bridgehead atoms. The van der Waals surface area contributed by atoms with Crippen molar-refractivity contribution in [1.82, 2.24) is 25.5 Å². The van der Waals surface area contributed by atoms with Crippen LogP contribution in [-0.4, -0.2) is 108 Å². The molecule has 3 atom stereocenters. The number of nitrogens with zero attached hydrogens (tertiary/aromatic N) is 3. The molecule has 1 aliphatic carbocycles. The molecular formula is C28H43N5O5. The highest BCUT2D eigenvalue weighted by Crippen LogP contribution is 2.37. The van der Waals surface area contributed by atoms with Gasteiger partial charge < -0.3 is 29.9 Å². The Morgan fingerprint density at radius 1 is 1.24 bits per heavy atom. The lowest BCUT2D eigenvalue weighted by atomic mass is 9.88. The number of carbonyl (C=O) groups is 2. The molecule has 1 aliphatic heterocycles. The van der Waals surface area contributed by atoms with Gasteiger partial charge in [0.15, 0.2) is 0 Å². The predicted molar refractivity (Wildman–Crippen MR) is 148 cm³/mol. The topological polar surface area (TPSA) is 95.6 Å². The first-order valence-corrected chi connectivity index (χ1v) is 13.1. The molecular weight excluding hydrogens is 486 g/mol. The average Bonchev–Trinajstić information content (AvgIpc) is 3.36. The monoisotopic (exact) mass is 529 g/mol. The van der Waals surface area contributed by atoms with Crippen LogP contribution < -0.4 is 15.4 Å². The second-order valence-electron chi connectivity index (χ2n) is 10.3. The van der Waals surface area contributed by atoms with E-state index in [9.17, 15) is 9.59 Å². The van der Waals surface area contributed by atoms with E-state index in [2.05, 4.69) is 15.5 Å². The molecule has 3 unspecified atom stereocenters. The van der Waals surface area contributed by atoms with Crippen LogP contribution in [-0.2, 0) is 20.9 Å². The molecule has 1 aromatic carbocycles. The average molecular weight is 530 g/mol. The Morgan fingerprint density at radius 3 is 2.66 bits per heavy atom. The number of ether oxygens (including phenoxy) is 2. The van der Waals surface area contributed by atoms with Gasteiger partial charge in [-0.05, 0) is 53.2 Å². The summed E-state index contributed by atoms with van der Waals surface area (Å²) in [6.07, 6.45) is 4.03. The Bertz CT molecular complexity index is 1040. The Hall–Kier alpha value is -2.92. The number of hydrogen-bond donors (Lipinski definition) is 2. The molecule has 0 aromatic heterocycles. The molecule has 2 aliphatic rings. The molecule has 210 valence electrons. The zero-order valence-electron chi connectivity index (χ0n) is 23.7. The third-order valence-electron chi connectivity index (χ3n) is 6.97. The Morgan fingerprint density at radius 2 is 2.00 bits per heavy atom. The lowest BCUT2D eigenvalue weighted by Crippen LogP contribution is -2.36. The molecule has 1 saturated heterocycles. The molecule has 10 heteroatoms. The number of alkyl carbamates (subject to hydrolysis) is 1. The smallest absolute Gasteiger partial charge is 0.407 e. The van der Waals surface area contributed by atoms with E-state index in [1.54, 1.807) is 14.2 Å². The minimum absolute atomic E-state index is 0.0610. The summed E-state index contributed by atoms with van der Waals surface area (Å²) in [7, 11) is 11.2. The first-order chi connectivity index (χ1) is 18.1. The number of benzene rings is 1. The number of nitrogens with one attached hydrogen (secondary N) is 2. The van der Waals surface area contributed by atoms with Gasteiger partial charge >= 0.3 is 6.09 Å². The summed E-state index contributed by atoms with van der Waals surface area (Å²) < 4.78 is 11.5.